The lowest BCUT2D eigenvalue weighted by Gasteiger charge is -2.24. The van der Waals surface area contributed by atoms with E-state index < -0.39 is 0 Å². The highest BCUT2D eigenvalue weighted by Crippen LogP contribution is 2.25. The molecule has 0 spiro atoms. The van der Waals surface area contributed by atoms with Crippen molar-refractivity contribution >= 4 is 5.69 Å². The van der Waals surface area contributed by atoms with Crippen molar-refractivity contribution in [1.82, 2.24) is 0 Å². The average molecular weight is 211 g/mol. The first-order valence-electron chi connectivity index (χ1n) is 5.09. The second-order valence-corrected chi connectivity index (χ2v) is 3.60. The molecule has 4 heteroatoms. The van der Waals surface area contributed by atoms with Gasteiger partial charge in [-0.25, -0.2) is 4.39 Å². The van der Waals surface area contributed by atoms with Gasteiger partial charge in [0.1, 0.15) is 11.6 Å². The lowest BCUT2D eigenvalue weighted by Crippen LogP contribution is -2.25. The van der Waals surface area contributed by atoms with E-state index in [9.17, 15) is 4.39 Å². The molecule has 1 saturated heterocycles. The summed E-state index contributed by atoms with van der Waals surface area (Å²) in [7, 11) is 0. The minimum atomic E-state index is -0.352. The van der Waals surface area contributed by atoms with Crippen molar-refractivity contribution in [3.8, 4) is 5.75 Å². The molecule has 1 heterocycles. The molecule has 1 aromatic carbocycles. The third kappa shape index (κ3) is 2.59. The van der Waals surface area contributed by atoms with Crippen molar-refractivity contribution in [2.45, 2.75) is 25.6 Å². The van der Waals surface area contributed by atoms with Gasteiger partial charge in [-0.15, -0.1) is 0 Å². The van der Waals surface area contributed by atoms with E-state index in [0.717, 1.165) is 19.3 Å². The fourth-order valence-corrected chi connectivity index (χ4v) is 1.56. The van der Waals surface area contributed by atoms with Crippen molar-refractivity contribution < 1.29 is 13.9 Å². The van der Waals surface area contributed by atoms with Crippen LogP contribution in [0.25, 0.3) is 0 Å². The van der Waals surface area contributed by atoms with Crippen LogP contribution in [0.2, 0.25) is 0 Å². The normalized spacial score (nSPS) is 21.3. The van der Waals surface area contributed by atoms with Crippen molar-refractivity contribution in [3.63, 3.8) is 0 Å². The predicted octanol–water partition coefficient (Wildman–Crippen LogP) is 2.31. The van der Waals surface area contributed by atoms with Gasteiger partial charge in [-0.2, -0.15) is 0 Å². The van der Waals surface area contributed by atoms with Crippen LogP contribution in [-0.4, -0.2) is 12.9 Å². The number of ether oxygens (including phenoxy) is 2. The number of rotatable bonds is 2. The number of halogens is 1. The van der Waals surface area contributed by atoms with Crippen molar-refractivity contribution in [2.75, 3.05) is 12.3 Å². The Kier molecular flexibility index (Phi) is 3.06. The molecule has 15 heavy (non-hydrogen) atoms. The molecule has 0 radical (unpaired) electrons. The zero-order chi connectivity index (χ0) is 10.7. The molecule has 1 aliphatic heterocycles. The summed E-state index contributed by atoms with van der Waals surface area (Å²) in [5, 5.41) is 0. The Morgan fingerprint density at radius 2 is 2.27 bits per heavy atom. The highest BCUT2D eigenvalue weighted by molar-refractivity contribution is 5.52. The Balaban J connectivity index is 2.05. The van der Waals surface area contributed by atoms with Gasteiger partial charge in [0.2, 0.25) is 0 Å². The van der Waals surface area contributed by atoms with Gasteiger partial charge in [-0.3, -0.25) is 0 Å². The molecule has 0 aliphatic carbocycles. The molecule has 1 atom stereocenters. The van der Waals surface area contributed by atoms with Crippen molar-refractivity contribution in [3.05, 3.63) is 24.0 Å². The van der Waals surface area contributed by atoms with E-state index in [0.29, 0.717) is 18.0 Å². The van der Waals surface area contributed by atoms with Gasteiger partial charge >= 0.3 is 0 Å². The lowest BCUT2D eigenvalue weighted by molar-refractivity contribution is -0.105. The van der Waals surface area contributed by atoms with Gasteiger partial charge < -0.3 is 15.2 Å². The Hall–Kier alpha value is -1.29. The maximum atomic E-state index is 12.9. The maximum Gasteiger partial charge on any atom is 0.199 e. The average Bonchev–Trinajstić information content (AvgIpc) is 2.25. The second-order valence-electron chi connectivity index (χ2n) is 3.60. The molecule has 82 valence electrons. The van der Waals surface area contributed by atoms with Crippen LogP contribution >= 0.6 is 0 Å². The minimum absolute atomic E-state index is 0.289. The predicted molar refractivity (Wildman–Crippen MR) is 55.0 cm³/mol. The Bertz CT molecular complexity index is 337. The van der Waals surface area contributed by atoms with Crippen molar-refractivity contribution in [2.24, 2.45) is 0 Å². The lowest BCUT2D eigenvalue weighted by atomic mass is 10.2. The highest BCUT2D eigenvalue weighted by Gasteiger charge is 2.16. The second kappa shape index (κ2) is 4.49. The van der Waals surface area contributed by atoms with E-state index in [1.807, 2.05) is 0 Å². The number of hydrogen-bond donors (Lipinski definition) is 1. The summed E-state index contributed by atoms with van der Waals surface area (Å²) in [4.78, 5) is 0. The van der Waals surface area contributed by atoms with E-state index >= 15 is 0 Å². The monoisotopic (exact) mass is 211 g/mol. The molecule has 0 aromatic heterocycles. The van der Waals surface area contributed by atoms with E-state index in [1.165, 1.54) is 18.2 Å². The smallest absolute Gasteiger partial charge is 0.199 e. The molecule has 1 aromatic rings. The molecular formula is C11H14FNO2. The third-order valence-electron chi connectivity index (χ3n) is 2.37. The molecule has 1 aliphatic rings. The fourth-order valence-electron chi connectivity index (χ4n) is 1.56. The summed E-state index contributed by atoms with van der Waals surface area (Å²) in [6.07, 6.45) is 2.66. The highest BCUT2D eigenvalue weighted by atomic mass is 19.1. The first kappa shape index (κ1) is 10.2. The molecule has 2 N–H and O–H groups in total. The van der Waals surface area contributed by atoms with Crippen LogP contribution in [-0.2, 0) is 4.74 Å². The molecule has 3 nitrogen and oxygen atoms in total. The Morgan fingerprint density at radius 1 is 1.40 bits per heavy atom. The van der Waals surface area contributed by atoms with Crippen LogP contribution in [0.5, 0.6) is 5.75 Å². The quantitative estimate of drug-likeness (QED) is 0.763. The molecule has 2 rings (SSSR count). The zero-order valence-corrected chi connectivity index (χ0v) is 8.41. The summed E-state index contributed by atoms with van der Waals surface area (Å²) >= 11 is 0. The van der Waals surface area contributed by atoms with Crippen LogP contribution in [0.3, 0.4) is 0 Å². The molecular weight excluding hydrogens is 197 g/mol. The zero-order valence-electron chi connectivity index (χ0n) is 8.41. The largest absolute Gasteiger partial charge is 0.463 e. The topological polar surface area (TPSA) is 44.5 Å². The van der Waals surface area contributed by atoms with E-state index in [2.05, 4.69) is 0 Å². The maximum absolute atomic E-state index is 12.9. The van der Waals surface area contributed by atoms with Gasteiger partial charge in [-0.05, 0) is 25.0 Å². The van der Waals surface area contributed by atoms with Crippen molar-refractivity contribution in [1.29, 1.82) is 0 Å². The number of anilines is 1. The Labute approximate surface area is 88.0 Å². The van der Waals surface area contributed by atoms with Crippen LogP contribution in [0.15, 0.2) is 18.2 Å². The van der Waals surface area contributed by atoms with Gasteiger partial charge in [-0.1, -0.05) is 0 Å². The molecule has 0 bridgehead atoms. The first-order valence-corrected chi connectivity index (χ1v) is 5.09. The summed E-state index contributed by atoms with van der Waals surface area (Å²) < 4.78 is 23.8. The van der Waals surface area contributed by atoms with Crippen LogP contribution < -0.4 is 10.5 Å². The van der Waals surface area contributed by atoms with E-state index in [1.54, 1.807) is 0 Å². The summed E-state index contributed by atoms with van der Waals surface area (Å²) in [5.74, 6) is 0.0110. The number of nitrogen functional groups attached to an aromatic ring is 1. The molecule has 1 fully saturated rings. The fraction of sp³-hybridized carbons (Fsp3) is 0.455. The first-order chi connectivity index (χ1) is 7.25. The SMILES string of the molecule is Nc1ccc(F)cc1OC1CCCCO1. The van der Waals surface area contributed by atoms with Crippen LogP contribution in [0.1, 0.15) is 19.3 Å². The van der Waals surface area contributed by atoms with Gasteiger partial charge in [0, 0.05) is 12.5 Å². The number of hydrogen-bond acceptors (Lipinski definition) is 3. The number of nitrogens with two attached hydrogens (primary N) is 1. The minimum Gasteiger partial charge on any atom is -0.463 e. The standard InChI is InChI=1S/C11H14FNO2/c12-8-4-5-9(13)10(7-8)15-11-3-1-2-6-14-11/h4-5,7,11H,1-3,6,13H2. The molecule has 1 unspecified atom stereocenters. The van der Waals surface area contributed by atoms with Gasteiger partial charge in [0.05, 0.1) is 12.3 Å². The third-order valence-corrected chi connectivity index (χ3v) is 2.37. The molecule has 0 amide bonds. The van der Waals surface area contributed by atoms with Crippen LogP contribution in [0.4, 0.5) is 10.1 Å². The van der Waals surface area contributed by atoms with Gasteiger partial charge in [0.15, 0.2) is 6.29 Å². The Morgan fingerprint density at radius 3 is 3.00 bits per heavy atom. The summed E-state index contributed by atoms with van der Waals surface area (Å²) in [6, 6.07) is 4.09. The van der Waals surface area contributed by atoms with E-state index in [4.69, 9.17) is 15.2 Å². The summed E-state index contributed by atoms with van der Waals surface area (Å²) in [6.45, 7) is 0.694. The molecule has 0 saturated carbocycles. The number of benzene rings is 1. The summed E-state index contributed by atoms with van der Waals surface area (Å²) in [5.41, 5.74) is 6.10. The van der Waals surface area contributed by atoms with Crippen LogP contribution in [0, 0.1) is 5.82 Å². The van der Waals surface area contributed by atoms with Gasteiger partial charge in [0.25, 0.3) is 0 Å². The van der Waals surface area contributed by atoms with E-state index in [-0.39, 0.29) is 12.1 Å².